The highest BCUT2D eigenvalue weighted by Gasteiger charge is 2.01. The molecular formula is C15H10N4S2. The normalized spacial score (nSPS) is 10.2. The number of H-pyrrole nitrogens is 1. The molecule has 1 heterocycles. The Labute approximate surface area is 131 Å². The zero-order chi connectivity index (χ0) is 14.7. The maximum absolute atomic E-state index is 8.92. The standard InChI is InChI=1S/C15H10N4S2/c16-9-11-2-1-3-14(8-11)21-13-6-4-12(5-7-13)19-10-17-18-15(19)20/h1-8,10H,(H,18,20). The number of aromatic amines is 1. The molecule has 0 saturated carbocycles. The molecule has 4 nitrogen and oxygen atoms in total. The molecule has 102 valence electrons. The van der Waals surface area contributed by atoms with Crippen LogP contribution in [0.25, 0.3) is 5.69 Å². The van der Waals surface area contributed by atoms with Crippen molar-refractivity contribution in [1.82, 2.24) is 14.8 Å². The Balaban J connectivity index is 1.83. The minimum absolute atomic E-state index is 0.567. The van der Waals surface area contributed by atoms with Gasteiger partial charge in [-0.05, 0) is 54.7 Å². The van der Waals surface area contributed by atoms with Crippen LogP contribution in [0, 0.1) is 16.1 Å². The van der Waals surface area contributed by atoms with E-state index in [0.29, 0.717) is 10.3 Å². The fraction of sp³-hybridized carbons (Fsp3) is 0. The quantitative estimate of drug-likeness (QED) is 0.744. The maximum atomic E-state index is 8.92. The Bertz CT molecular complexity index is 856. The number of rotatable bonds is 3. The summed E-state index contributed by atoms with van der Waals surface area (Å²) in [6.45, 7) is 0. The van der Waals surface area contributed by atoms with E-state index in [1.165, 1.54) is 0 Å². The molecule has 0 unspecified atom stereocenters. The van der Waals surface area contributed by atoms with Crippen LogP contribution in [0.4, 0.5) is 0 Å². The van der Waals surface area contributed by atoms with Crippen LogP contribution in [-0.4, -0.2) is 14.8 Å². The van der Waals surface area contributed by atoms with Crippen LogP contribution < -0.4 is 0 Å². The van der Waals surface area contributed by atoms with Gasteiger partial charge >= 0.3 is 0 Å². The van der Waals surface area contributed by atoms with Gasteiger partial charge in [-0.3, -0.25) is 9.67 Å². The number of hydrogen-bond donors (Lipinski definition) is 1. The van der Waals surface area contributed by atoms with Crippen molar-refractivity contribution in [2.75, 3.05) is 0 Å². The maximum Gasteiger partial charge on any atom is 0.199 e. The van der Waals surface area contributed by atoms with Gasteiger partial charge in [0.1, 0.15) is 6.33 Å². The first-order valence-electron chi connectivity index (χ1n) is 6.17. The molecule has 0 atom stereocenters. The summed E-state index contributed by atoms with van der Waals surface area (Å²) in [5.74, 6) is 0. The number of nitrogens with one attached hydrogen (secondary N) is 1. The molecule has 1 aromatic heterocycles. The van der Waals surface area contributed by atoms with Crippen LogP contribution >= 0.6 is 24.0 Å². The number of aromatic nitrogens is 3. The Morgan fingerprint density at radius 2 is 1.95 bits per heavy atom. The minimum atomic E-state index is 0.567. The van der Waals surface area contributed by atoms with Gasteiger partial charge in [-0.15, -0.1) is 0 Å². The largest absolute Gasteiger partial charge is 0.275 e. The Hall–Kier alpha value is -2.36. The summed E-state index contributed by atoms with van der Waals surface area (Å²) in [6.07, 6.45) is 1.65. The molecule has 0 saturated heterocycles. The van der Waals surface area contributed by atoms with Crippen LogP contribution in [0.5, 0.6) is 0 Å². The van der Waals surface area contributed by atoms with Gasteiger partial charge in [-0.2, -0.15) is 10.4 Å². The lowest BCUT2D eigenvalue weighted by Crippen LogP contribution is -1.91. The molecule has 0 bridgehead atoms. The van der Waals surface area contributed by atoms with Gasteiger partial charge in [0.15, 0.2) is 4.77 Å². The second-order valence-electron chi connectivity index (χ2n) is 4.27. The van der Waals surface area contributed by atoms with Crippen LogP contribution in [0.3, 0.4) is 0 Å². The van der Waals surface area contributed by atoms with Crippen molar-refractivity contribution in [3.63, 3.8) is 0 Å². The van der Waals surface area contributed by atoms with Crippen LogP contribution in [0.15, 0.2) is 64.6 Å². The monoisotopic (exact) mass is 310 g/mol. The minimum Gasteiger partial charge on any atom is -0.275 e. The highest BCUT2D eigenvalue weighted by Crippen LogP contribution is 2.28. The van der Waals surface area contributed by atoms with Gasteiger partial charge in [0.25, 0.3) is 0 Å². The lowest BCUT2D eigenvalue weighted by molar-refractivity contribution is 1.03. The molecule has 3 rings (SSSR count). The summed E-state index contributed by atoms with van der Waals surface area (Å²) in [4.78, 5) is 2.14. The summed E-state index contributed by atoms with van der Waals surface area (Å²) in [6, 6.07) is 17.7. The third kappa shape index (κ3) is 3.05. The Kier molecular flexibility index (Phi) is 3.86. The van der Waals surface area contributed by atoms with Crippen molar-refractivity contribution in [2.24, 2.45) is 0 Å². The second kappa shape index (κ2) is 5.95. The molecule has 0 aliphatic carbocycles. The third-order valence-electron chi connectivity index (χ3n) is 2.87. The molecule has 3 aromatic rings. The van der Waals surface area contributed by atoms with E-state index in [4.69, 9.17) is 17.5 Å². The number of nitrogens with zero attached hydrogens (tertiary/aromatic N) is 3. The Morgan fingerprint density at radius 1 is 1.14 bits per heavy atom. The predicted molar refractivity (Wildman–Crippen MR) is 84.0 cm³/mol. The predicted octanol–water partition coefficient (Wildman–Crippen LogP) is 3.95. The fourth-order valence-corrected chi connectivity index (χ4v) is 2.95. The van der Waals surface area contributed by atoms with E-state index < -0.39 is 0 Å². The first-order chi connectivity index (χ1) is 10.3. The third-order valence-corrected chi connectivity index (χ3v) is 4.15. The fourth-order valence-electron chi connectivity index (χ4n) is 1.87. The summed E-state index contributed by atoms with van der Waals surface area (Å²) in [5, 5.41) is 15.5. The SMILES string of the molecule is N#Cc1cccc(Sc2ccc(-n3cn[nH]c3=S)cc2)c1. The van der Waals surface area contributed by atoms with Crippen molar-refractivity contribution in [3.05, 3.63) is 65.2 Å². The number of benzene rings is 2. The van der Waals surface area contributed by atoms with Crippen molar-refractivity contribution in [1.29, 1.82) is 5.26 Å². The van der Waals surface area contributed by atoms with Crippen LogP contribution in [0.2, 0.25) is 0 Å². The molecule has 1 N–H and O–H groups in total. The molecule has 6 heteroatoms. The van der Waals surface area contributed by atoms with E-state index in [0.717, 1.165) is 15.5 Å². The average molecular weight is 310 g/mol. The molecule has 0 radical (unpaired) electrons. The highest BCUT2D eigenvalue weighted by atomic mass is 32.2. The highest BCUT2D eigenvalue weighted by molar-refractivity contribution is 7.99. The molecule has 0 aliphatic heterocycles. The molecule has 0 spiro atoms. The van der Waals surface area contributed by atoms with E-state index in [1.807, 2.05) is 42.5 Å². The Morgan fingerprint density at radius 3 is 2.62 bits per heavy atom. The van der Waals surface area contributed by atoms with E-state index in [9.17, 15) is 0 Å². The molecular weight excluding hydrogens is 300 g/mol. The summed E-state index contributed by atoms with van der Waals surface area (Å²) in [5.41, 5.74) is 1.63. The van der Waals surface area contributed by atoms with Crippen LogP contribution in [0.1, 0.15) is 5.56 Å². The van der Waals surface area contributed by atoms with E-state index in [1.54, 1.807) is 28.7 Å². The smallest absolute Gasteiger partial charge is 0.199 e. The molecule has 0 fully saturated rings. The van der Waals surface area contributed by atoms with Gasteiger partial charge in [0, 0.05) is 15.5 Å². The molecule has 0 aliphatic rings. The van der Waals surface area contributed by atoms with E-state index in [-0.39, 0.29) is 0 Å². The topological polar surface area (TPSA) is 57.4 Å². The van der Waals surface area contributed by atoms with Gasteiger partial charge in [-0.1, -0.05) is 17.8 Å². The first-order valence-corrected chi connectivity index (χ1v) is 7.39. The average Bonchev–Trinajstić information content (AvgIpc) is 2.94. The van der Waals surface area contributed by atoms with Gasteiger partial charge in [-0.25, -0.2) is 0 Å². The number of hydrogen-bond acceptors (Lipinski definition) is 4. The summed E-state index contributed by atoms with van der Waals surface area (Å²) >= 11 is 6.76. The van der Waals surface area contributed by atoms with E-state index in [2.05, 4.69) is 16.3 Å². The summed E-state index contributed by atoms with van der Waals surface area (Å²) in [7, 11) is 0. The lowest BCUT2D eigenvalue weighted by atomic mass is 10.2. The molecule has 0 amide bonds. The lowest BCUT2D eigenvalue weighted by Gasteiger charge is -2.05. The summed E-state index contributed by atoms with van der Waals surface area (Å²) < 4.78 is 2.37. The van der Waals surface area contributed by atoms with Gasteiger partial charge < -0.3 is 0 Å². The van der Waals surface area contributed by atoms with Crippen molar-refractivity contribution in [2.45, 2.75) is 9.79 Å². The van der Waals surface area contributed by atoms with Crippen molar-refractivity contribution in [3.8, 4) is 11.8 Å². The van der Waals surface area contributed by atoms with Gasteiger partial charge in [0.2, 0.25) is 0 Å². The van der Waals surface area contributed by atoms with Gasteiger partial charge in [0.05, 0.1) is 11.6 Å². The second-order valence-corrected chi connectivity index (χ2v) is 5.80. The van der Waals surface area contributed by atoms with E-state index >= 15 is 0 Å². The van der Waals surface area contributed by atoms with Crippen molar-refractivity contribution < 1.29 is 0 Å². The molecule has 2 aromatic carbocycles. The molecule has 21 heavy (non-hydrogen) atoms. The zero-order valence-corrected chi connectivity index (χ0v) is 12.5. The number of nitriles is 1. The van der Waals surface area contributed by atoms with Crippen LogP contribution in [-0.2, 0) is 0 Å². The van der Waals surface area contributed by atoms with Crippen molar-refractivity contribution >= 4 is 24.0 Å². The first kappa shape index (κ1) is 13.6. The zero-order valence-electron chi connectivity index (χ0n) is 10.9.